The highest BCUT2D eigenvalue weighted by atomic mass is 19.1. The molecule has 1 aliphatic carbocycles. The number of carbonyl (C=O) groups excluding carboxylic acids is 2. The Morgan fingerprint density at radius 1 is 1.15 bits per heavy atom. The summed E-state index contributed by atoms with van der Waals surface area (Å²) >= 11 is 0. The fourth-order valence-corrected chi connectivity index (χ4v) is 4.09. The minimum Gasteiger partial charge on any atom is -0.444 e. The van der Waals surface area contributed by atoms with Gasteiger partial charge in [0.05, 0.1) is 18.3 Å². The summed E-state index contributed by atoms with van der Waals surface area (Å²) in [5, 5.41) is 2.87. The zero-order chi connectivity index (χ0) is 23.8. The van der Waals surface area contributed by atoms with Gasteiger partial charge in [0.15, 0.2) is 0 Å². The Balaban J connectivity index is 1.59. The van der Waals surface area contributed by atoms with Crippen LogP contribution in [0.3, 0.4) is 0 Å². The van der Waals surface area contributed by atoms with Crippen LogP contribution >= 0.6 is 0 Å². The van der Waals surface area contributed by atoms with Crippen LogP contribution in [0.25, 0.3) is 0 Å². The van der Waals surface area contributed by atoms with Crippen molar-refractivity contribution >= 4 is 12.0 Å². The molecule has 2 fully saturated rings. The Hall–Kier alpha value is -3.03. The van der Waals surface area contributed by atoms with Crippen LogP contribution in [-0.2, 0) is 9.53 Å². The first-order valence-electron chi connectivity index (χ1n) is 11.3. The Morgan fingerprint density at radius 2 is 1.85 bits per heavy atom. The highest BCUT2D eigenvalue weighted by Crippen LogP contribution is 2.41. The predicted octanol–water partition coefficient (Wildman–Crippen LogP) is 4.65. The van der Waals surface area contributed by atoms with Crippen LogP contribution in [0.1, 0.15) is 68.8 Å². The van der Waals surface area contributed by atoms with Gasteiger partial charge < -0.3 is 10.1 Å². The molecule has 1 aromatic carbocycles. The molecular weight excluding hydrogens is 428 g/mol. The average Bonchev–Trinajstić information content (AvgIpc) is 3.51. The first-order valence-corrected chi connectivity index (χ1v) is 11.3. The van der Waals surface area contributed by atoms with Gasteiger partial charge in [-0.25, -0.2) is 14.2 Å². The lowest BCUT2D eigenvalue weighted by Crippen LogP contribution is -2.48. The third-order valence-corrected chi connectivity index (χ3v) is 5.81. The molecule has 176 valence electrons. The van der Waals surface area contributed by atoms with E-state index in [0.717, 1.165) is 17.7 Å². The van der Waals surface area contributed by atoms with E-state index in [1.807, 2.05) is 18.2 Å². The van der Waals surface area contributed by atoms with Crippen LogP contribution in [0, 0.1) is 5.95 Å². The van der Waals surface area contributed by atoms with Crippen molar-refractivity contribution in [3.05, 3.63) is 65.2 Å². The largest absolute Gasteiger partial charge is 0.444 e. The summed E-state index contributed by atoms with van der Waals surface area (Å²) in [6.45, 7) is 4.91. The molecule has 2 amide bonds. The summed E-state index contributed by atoms with van der Waals surface area (Å²) in [5.74, 6) is -0.868. The van der Waals surface area contributed by atoms with Crippen molar-refractivity contribution in [1.29, 1.82) is 0 Å². The van der Waals surface area contributed by atoms with E-state index >= 15 is 0 Å². The van der Waals surface area contributed by atoms with Crippen LogP contribution in [0.15, 0.2) is 42.5 Å². The number of halogens is 2. The Labute approximate surface area is 192 Å². The van der Waals surface area contributed by atoms with E-state index < -0.39 is 41.8 Å². The second-order valence-electron chi connectivity index (χ2n) is 9.72. The molecule has 1 saturated carbocycles. The highest BCUT2D eigenvalue weighted by molar-refractivity contribution is 5.87. The summed E-state index contributed by atoms with van der Waals surface area (Å²) < 4.78 is 34.3. The number of alkyl halides is 1. The molecule has 0 bridgehead atoms. The second kappa shape index (κ2) is 9.08. The molecule has 0 radical (unpaired) electrons. The van der Waals surface area contributed by atoms with Gasteiger partial charge in [0.1, 0.15) is 17.8 Å². The maximum absolute atomic E-state index is 14.7. The number of hydrogen-bond acceptors (Lipinski definition) is 4. The quantitative estimate of drug-likeness (QED) is 0.664. The van der Waals surface area contributed by atoms with Gasteiger partial charge >= 0.3 is 6.09 Å². The number of hydrogen-bond donors (Lipinski definition) is 1. The summed E-state index contributed by atoms with van der Waals surface area (Å²) in [7, 11) is 0. The Bertz CT molecular complexity index is 1020. The molecule has 2 heterocycles. The van der Waals surface area contributed by atoms with Gasteiger partial charge in [0.25, 0.3) is 0 Å². The van der Waals surface area contributed by atoms with Crippen molar-refractivity contribution in [2.45, 2.75) is 69.8 Å². The topological polar surface area (TPSA) is 71.5 Å². The van der Waals surface area contributed by atoms with E-state index in [9.17, 15) is 18.4 Å². The fourth-order valence-electron chi connectivity index (χ4n) is 4.09. The van der Waals surface area contributed by atoms with Crippen molar-refractivity contribution in [2.24, 2.45) is 0 Å². The second-order valence-corrected chi connectivity index (χ2v) is 9.72. The molecule has 6 nitrogen and oxygen atoms in total. The van der Waals surface area contributed by atoms with E-state index in [1.54, 1.807) is 45.0 Å². The van der Waals surface area contributed by atoms with Crippen LogP contribution in [-0.4, -0.2) is 46.2 Å². The van der Waals surface area contributed by atoms with E-state index in [4.69, 9.17) is 4.74 Å². The molecule has 8 heteroatoms. The highest BCUT2D eigenvalue weighted by Gasteiger charge is 2.42. The zero-order valence-corrected chi connectivity index (χ0v) is 19.1. The van der Waals surface area contributed by atoms with Crippen molar-refractivity contribution in [3.8, 4) is 0 Å². The first-order chi connectivity index (χ1) is 15.6. The molecule has 2 unspecified atom stereocenters. The van der Waals surface area contributed by atoms with E-state index in [1.165, 1.54) is 0 Å². The molecule has 2 aromatic rings. The Morgan fingerprint density at radius 3 is 2.45 bits per heavy atom. The molecule has 1 N–H and O–H groups in total. The third-order valence-electron chi connectivity index (χ3n) is 5.81. The van der Waals surface area contributed by atoms with Gasteiger partial charge in [-0.2, -0.15) is 4.39 Å². The SMILES string of the molecule is CC(C)(C)OC(=O)N1CC(F)C[C@@H]1C(=O)NC(c1ccccc1)c1ccc(C2CC2)c(F)n1. The van der Waals surface area contributed by atoms with E-state index in [-0.39, 0.29) is 18.9 Å². The standard InChI is InChI=1S/C25H29F2N3O3/c1-25(2,3)33-24(32)30-14-17(26)13-20(30)23(31)29-21(16-7-5-4-6-8-16)19-12-11-18(15-9-10-15)22(27)28-19/h4-8,11-12,15,17,20-21H,9-10,13-14H2,1-3H3,(H,29,31)/t17?,20-,21?/m1/s1. The van der Waals surface area contributed by atoms with Crippen molar-refractivity contribution < 1.29 is 23.1 Å². The molecule has 1 aliphatic heterocycles. The molecule has 2 aliphatic rings. The van der Waals surface area contributed by atoms with Gasteiger partial charge in [-0.3, -0.25) is 9.69 Å². The lowest BCUT2D eigenvalue weighted by molar-refractivity contribution is -0.126. The third kappa shape index (κ3) is 5.49. The summed E-state index contributed by atoms with van der Waals surface area (Å²) in [5.41, 5.74) is 0.860. The molecular formula is C25H29F2N3O3. The number of pyridine rings is 1. The molecule has 0 spiro atoms. The summed E-state index contributed by atoms with van der Waals surface area (Å²) in [6, 6.07) is 10.7. The minimum absolute atomic E-state index is 0.130. The maximum atomic E-state index is 14.7. The fraction of sp³-hybridized carbons (Fsp3) is 0.480. The van der Waals surface area contributed by atoms with E-state index in [0.29, 0.717) is 16.8 Å². The van der Waals surface area contributed by atoms with Crippen LogP contribution in [0.4, 0.5) is 13.6 Å². The Kier molecular flexibility index (Phi) is 6.36. The van der Waals surface area contributed by atoms with Crippen LogP contribution in [0.5, 0.6) is 0 Å². The molecule has 1 aromatic heterocycles. The number of nitrogens with zero attached hydrogens (tertiary/aromatic N) is 2. The lowest BCUT2D eigenvalue weighted by atomic mass is 10.0. The molecule has 4 rings (SSSR count). The summed E-state index contributed by atoms with van der Waals surface area (Å²) in [6.07, 6.45) is -0.310. The number of rotatable bonds is 5. The minimum atomic E-state index is -1.34. The van der Waals surface area contributed by atoms with Gasteiger partial charge in [-0.15, -0.1) is 0 Å². The average molecular weight is 458 g/mol. The number of likely N-dealkylation sites (tertiary alicyclic amines) is 1. The molecule has 1 saturated heterocycles. The summed E-state index contributed by atoms with van der Waals surface area (Å²) in [4.78, 5) is 31.1. The smallest absolute Gasteiger partial charge is 0.411 e. The normalized spacial score (nSPS) is 21.5. The molecule has 33 heavy (non-hydrogen) atoms. The van der Waals surface area contributed by atoms with Crippen molar-refractivity contribution in [3.63, 3.8) is 0 Å². The molecule has 3 atom stereocenters. The van der Waals surface area contributed by atoms with Gasteiger partial charge in [-0.1, -0.05) is 36.4 Å². The van der Waals surface area contributed by atoms with Crippen molar-refractivity contribution in [1.82, 2.24) is 15.2 Å². The number of nitrogens with one attached hydrogen (secondary N) is 1. The number of benzene rings is 1. The number of amides is 2. The predicted molar refractivity (Wildman–Crippen MR) is 119 cm³/mol. The lowest BCUT2D eigenvalue weighted by Gasteiger charge is -2.29. The van der Waals surface area contributed by atoms with Crippen LogP contribution < -0.4 is 5.32 Å². The first kappa shape index (κ1) is 23.1. The number of ether oxygens (including phenoxy) is 1. The van der Waals surface area contributed by atoms with Gasteiger partial charge in [0.2, 0.25) is 11.9 Å². The number of aromatic nitrogens is 1. The monoisotopic (exact) mass is 457 g/mol. The zero-order valence-electron chi connectivity index (χ0n) is 19.1. The van der Waals surface area contributed by atoms with Gasteiger partial charge in [-0.05, 0) is 51.2 Å². The number of carbonyl (C=O) groups is 2. The van der Waals surface area contributed by atoms with Crippen LogP contribution in [0.2, 0.25) is 0 Å². The van der Waals surface area contributed by atoms with Crippen molar-refractivity contribution in [2.75, 3.05) is 6.54 Å². The maximum Gasteiger partial charge on any atom is 0.411 e. The van der Waals surface area contributed by atoms with Gasteiger partial charge in [0, 0.05) is 12.0 Å². The van der Waals surface area contributed by atoms with E-state index in [2.05, 4.69) is 10.3 Å².